The van der Waals surface area contributed by atoms with E-state index in [-0.39, 0.29) is 5.91 Å². The van der Waals surface area contributed by atoms with Crippen molar-refractivity contribution in [2.24, 2.45) is 0 Å². The zero-order valence-electron chi connectivity index (χ0n) is 22.7. The molecule has 3 heterocycles. The lowest BCUT2D eigenvalue weighted by Crippen LogP contribution is -2.46. The minimum atomic E-state index is -0.108. The van der Waals surface area contributed by atoms with Gasteiger partial charge in [0.25, 0.3) is 5.91 Å². The van der Waals surface area contributed by atoms with E-state index in [1.54, 1.807) is 18.0 Å². The van der Waals surface area contributed by atoms with Gasteiger partial charge >= 0.3 is 0 Å². The maximum atomic E-state index is 12.5. The Kier molecular flexibility index (Phi) is 9.55. The number of nitrogens with zero attached hydrogens (tertiary/aromatic N) is 5. The van der Waals surface area contributed by atoms with Crippen molar-refractivity contribution in [1.29, 1.82) is 0 Å². The largest absolute Gasteiger partial charge is 0.354 e. The summed E-state index contributed by atoms with van der Waals surface area (Å²) in [5.74, 6) is 1.62. The van der Waals surface area contributed by atoms with Crippen molar-refractivity contribution in [3.8, 4) is 0 Å². The summed E-state index contributed by atoms with van der Waals surface area (Å²) < 4.78 is 0. The van der Waals surface area contributed by atoms with E-state index in [1.807, 2.05) is 55.5 Å². The van der Waals surface area contributed by atoms with E-state index in [1.165, 1.54) is 5.56 Å². The van der Waals surface area contributed by atoms with Gasteiger partial charge in [-0.15, -0.1) is 0 Å². The number of aryl methyl sites for hydroxylation is 1. The maximum Gasteiger partial charge on any atom is 0.251 e. The molecule has 7 nitrogen and oxygen atoms in total. The summed E-state index contributed by atoms with van der Waals surface area (Å²) in [6.45, 7) is 7.30. The molecule has 2 aromatic heterocycles. The molecule has 1 aliphatic rings. The number of anilines is 1. The van der Waals surface area contributed by atoms with Crippen molar-refractivity contribution in [3.05, 3.63) is 119 Å². The van der Waals surface area contributed by atoms with Crippen LogP contribution in [0.1, 0.15) is 32.9 Å². The van der Waals surface area contributed by atoms with Crippen LogP contribution in [0.15, 0.2) is 96.3 Å². The number of piperazine rings is 1. The number of carbonyl (C=O) groups is 1. The Morgan fingerprint density at radius 1 is 0.950 bits per heavy atom. The number of aromatic nitrogens is 3. The maximum absolute atomic E-state index is 12.5. The molecule has 1 amide bonds. The first-order valence-corrected chi connectivity index (χ1v) is 14.6. The van der Waals surface area contributed by atoms with Gasteiger partial charge in [-0.2, -0.15) is 0 Å². The van der Waals surface area contributed by atoms with Crippen LogP contribution in [0, 0.1) is 6.92 Å². The third kappa shape index (κ3) is 8.00. The summed E-state index contributed by atoms with van der Waals surface area (Å²) in [6, 6.07) is 25.9. The van der Waals surface area contributed by atoms with Crippen LogP contribution in [-0.4, -0.2) is 58.5 Å². The van der Waals surface area contributed by atoms with Crippen LogP contribution in [0.5, 0.6) is 0 Å². The molecular weight excluding hydrogens is 516 g/mol. The first kappa shape index (κ1) is 27.6. The van der Waals surface area contributed by atoms with Crippen molar-refractivity contribution < 1.29 is 4.79 Å². The van der Waals surface area contributed by atoms with Crippen molar-refractivity contribution in [2.45, 2.75) is 24.4 Å². The lowest BCUT2D eigenvalue weighted by Gasteiger charge is -2.35. The predicted molar refractivity (Wildman–Crippen MR) is 162 cm³/mol. The fourth-order valence-electron chi connectivity index (χ4n) is 4.49. The van der Waals surface area contributed by atoms with Gasteiger partial charge in [-0.05, 0) is 42.3 Å². The van der Waals surface area contributed by atoms with Gasteiger partial charge in [-0.25, -0.2) is 9.97 Å². The molecule has 5 rings (SSSR count). The number of benzene rings is 2. The average Bonchev–Trinajstić information content (AvgIpc) is 3.00. The highest BCUT2D eigenvalue weighted by atomic mass is 32.2. The zero-order chi connectivity index (χ0) is 27.6. The van der Waals surface area contributed by atoms with Gasteiger partial charge in [0.15, 0.2) is 5.16 Å². The number of carbonyl (C=O) groups excluding carboxylic acids is 1. The summed E-state index contributed by atoms with van der Waals surface area (Å²) in [5.41, 5.74) is 4.80. The molecule has 0 aliphatic carbocycles. The quantitative estimate of drug-likeness (QED) is 0.214. The van der Waals surface area contributed by atoms with E-state index in [0.717, 1.165) is 66.4 Å². The summed E-state index contributed by atoms with van der Waals surface area (Å²) in [7, 11) is 0. The van der Waals surface area contributed by atoms with Crippen molar-refractivity contribution in [2.75, 3.05) is 37.6 Å². The second-order valence-corrected chi connectivity index (χ2v) is 10.7. The third-order valence-corrected chi connectivity index (χ3v) is 7.65. The average molecular weight is 551 g/mol. The number of nitrogens with one attached hydrogen (secondary N) is 1. The topological polar surface area (TPSA) is 74.2 Å². The van der Waals surface area contributed by atoms with Gasteiger partial charge in [0.1, 0.15) is 5.82 Å². The van der Waals surface area contributed by atoms with Gasteiger partial charge in [-0.1, -0.05) is 72.4 Å². The molecule has 1 aliphatic heterocycles. The van der Waals surface area contributed by atoms with E-state index in [0.29, 0.717) is 12.1 Å². The molecule has 0 radical (unpaired) electrons. The zero-order valence-corrected chi connectivity index (χ0v) is 23.6. The van der Waals surface area contributed by atoms with Crippen LogP contribution >= 0.6 is 11.8 Å². The number of hydrogen-bond donors (Lipinski definition) is 1. The van der Waals surface area contributed by atoms with E-state index < -0.39 is 0 Å². The molecule has 0 unspecified atom stereocenters. The van der Waals surface area contributed by atoms with Crippen molar-refractivity contribution in [3.63, 3.8) is 0 Å². The SMILES string of the molecule is Cc1cc(N2CCN(C/C=C/c3ccccc3)CC2)nc(SCc2ccc(C(=O)NCc3ccccn3)cc2)n1. The van der Waals surface area contributed by atoms with E-state index in [2.05, 4.69) is 67.6 Å². The Labute approximate surface area is 240 Å². The van der Waals surface area contributed by atoms with Gasteiger partial charge < -0.3 is 10.2 Å². The van der Waals surface area contributed by atoms with Crippen LogP contribution < -0.4 is 10.2 Å². The van der Waals surface area contributed by atoms with Gasteiger partial charge in [0.2, 0.25) is 0 Å². The monoisotopic (exact) mass is 550 g/mol. The highest BCUT2D eigenvalue weighted by molar-refractivity contribution is 7.98. The lowest BCUT2D eigenvalue weighted by atomic mass is 10.1. The molecule has 1 saturated heterocycles. The molecule has 0 atom stereocenters. The highest BCUT2D eigenvalue weighted by Gasteiger charge is 2.18. The van der Waals surface area contributed by atoms with Gasteiger partial charge in [-0.3, -0.25) is 14.7 Å². The highest BCUT2D eigenvalue weighted by Crippen LogP contribution is 2.24. The van der Waals surface area contributed by atoms with Gasteiger partial charge in [0, 0.05) is 62.0 Å². The summed E-state index contributed by atoms with van der Waals surface area (Å²) in [5, 5.41) is 3.70. The Morgan fingerprint density at radius 3 is 2.48 bits per heavy atom. The van der Waals surface area contributed by atoms with Crippen molar-refractivity contribution in [1.82, 2.24) is 25.2 Å². The van der Waals surface area contributed by atoms with Crippen LogP contribution in [0.4, 0.5) is 5.82 Å². The second kappa shape index (κ2) is 13.9. The van der Waals surface area contributed by atoms with E-state index >= 15 is 0 Å². The molecule has 0 spiro atoms. The molecule has 204 valence electrons. The molecule has 8 heteroatoms. The van der Waals surface area contributed by atoms with Crippen LogP contribution in [0.2, 0.25) is 0 Å². The van der Waals surface area contributed by atoms with E-state index in [4.69, 9.17) is 4.98 Å². The number of thioether (sulfide) groups is 1. The van der Waals surface area contributed by atoms with Crippen molar-refractivity contribution >= 4 is 29.6 Å². The fourth-order valence-corrected chi connectivity index (χ4v) is 5.34. The number of rotatable bonds is 10. The first-order valence-electron chi connectivity index (χ1n) is 13.6. The Balaban J connectivity index is 1.10. The van der Waals surface area contributed by atoms with Crippen LogP contribution in [-0.2, 0) is 12.3 Å². The number of pyridine rings is 1. The van der Waals surface area contributed by atoms with Gasteiger partial charge in [0.05, 0.1) is 12.2 Å². The normalized spacial score (nSPS) is 14.0. The predicted octanol–water partition coefficient (Wildman–Crippen LogP) is 5.24. The standard InChI is InChI=1S/C32H34N6OS/c1-25-22-30(38-20-18-37(19-21-38)17-7-10-26-8-3-2-4-9-26)36-32(35-25)40-24-27-12-14-28(15-13-27)31(39)34-23-29-11-5-6-16-33-29/h2-16,22H,17-21,23-24H2,1H3,(H,34,39)/b10-7+. The summed E-state index contributed by atoms with van der Waals surface area (Å²) >= 11 is 1.62. The fraction of sp³-hybridized carbons (Fsp3) is 0.250. The first-order chi connectivity index (χ1) is 19.6. The molecule has 2 aromatic carbocycles. The Morgan fingerprint density at radius 2 is 1.73 bits per heavy atom. The molecule has 0 saturated carbocycles. The van der Waals surface area contributed by atoms with Crippen LogP contribution in [0.3, 0.4) is 0 Å². The Hall–Kier alpha value is -4.01. The minimum absolute atomic E-state index is 0.108. The second-order valence-electron chi connectivity index (χ2n) is 9.74. The molecule has 4 aromatic rings. The number of hydrogen-bond acceptors (Lipinski definition) is 7. The summed E-state index contributed by atoms with van der Waals surface area (Å²) in [6.07, 6.45) is 6.16. The molecule has 40 heavy (non-hydrogen) atoms. The smallest absolute Gasteiger partial charge is 0.251 e. The third-order valence-electron chi connectivity index (χ3n) is 6.73. The Bertz CT molecular complexity index is 1400. The minimum Gasteiger partial charge on any atom is -0.354 e. The number of amides is 1. The molecule has 1 fully saturated rings. The molecular formula is C32H34N6OS. The molecule has 0 bridgehead atoms. The van der Waals surface area contributed by atoms with Crippen LogP contribution in [0.25, 0.3) is 6.08 Å². The summed E-state index contributed by atoms with van der Waals surface area (Å²) in [4.78, 5) is 31.1. The lowest BCUT2D eigenvalue weighted by molar-refractivity contribution is 0.0950. The molecule has 1 N–H and O–H groups in total. The van der Waals surface area contributed by atoms with E-state index in [9.17, 15) is 4.79 Å².